The van der Waals surface area contributed by atoms with Crippen LogP contribution in [0.2, 0.25) is 0 Å². The highest BCUT2D eigenvalue weighted by Gasteiger charge is 2.25. The molecule has 2 amide bonds. The summed E-state index contributed by atoms with van der Waals surface area (Å²) in [5.41, 5.74) is 0. The van der Waals surface area contributed by atoms with Crippen molar-refractivity contribution in [3.63, 3.8) is 0 Å². The molecule has 0 spiro atoms. The Bertz CT molecular complexity index is 320. The van der Waals surface area contributed by atoms with Crippen molar-refractivity contribution < 1.29 is 9.59 Å². The molecule has 1 rings (SSSR count). The summed E-state index contributed by atoms with van der Waals surface area (Å²) in [7, 11) is 0. The Morgan fingerprint density at radius 2 is 2.10 bits per heavy atom. The van der Waals surface area contributed by atoms with E-state index in [2.05, 4.69) is 22.9 Å². The van der Waals surface area contributed by atoms with Crippen molar-refractivity contribution in [2.24, 2.45) is 5.92 Å². The van der Waals surface area contributed by atoms with Crippen LogP contribution in [0.15, 0.2) is 0 Å². The van der Waals surface area contributed by atoms with Crippen molar-refractivity contribution in [1.29, 1.82) is 0 Å². The third-order valence-corrected chi connectivity index (χ3v) is 4.08. The first-order chi connectivity index (χ1) is 9.56. The molecule has 1 fully saturated rings. The molecule has 1 aliphatic rings. The van der Waals surface area contributed by atoms with Gasteiger partial charge in [0, 0.05) is 19.0 Å². The number of hydrogen-bond donors (Lipinski definition) is 3. The average molecular weight is 283 g/mol. The van der Waals surface area contributed by atoms with Crippen LogP contribution in [-0.4, -0.2) is 37.0 Å². The summed E-state index contributed by atoms with van der Waals surface area (Å²) < 4.78 is 0. The topological polar surface area (TPSA) is 70.2 Å². The fraction of sp³-hybridized carbons (Fsp3) is 0.867. The first kappa shape index (κ1) is 17.0. The zero-order valence-electron chi connectivity index (χ0n) is 13.0. The average Bonchev–Trinajstić information content (AvgIpc) is 2.46. The van der Waals surface area contributed by atoms with Gasteiger partial charge in [-0.05, 0) is 38.6 Å². The number of nitrogens with one attached hydrogen (secondary N) is 3. The highest BCUT2D eigenvalue weighted by Crippen LogP contribution is 2.19. The fourth-order valence-corrected chi connectivity index (χ4v) is 2.44. The van der Waals surface area contributed by atoms with E-state index >= 15 is 0 Å². The van der Waals surface area contributed by atoms with E-state index in [1.165, 1.54) is 0 Å². The predicted molar refractivity (Wildman–Crippen MR) is 80.3 cm³/mol. The zero-order valence-corrected chi connectivity index (χ0v) is 13.0. The van der Waals surface area contributed by atoms with Gasteiger partial charge in [0.2, 0.25) is 11.8 Å². The molecule has 0 aromatic rings. The van der Waals surface area contributed by atoms with Crippen LogP contribution < -0.4 is 16.0 Å². The fourth-order valence-electron chi connectivity index (χ4n) is 2.44. The summed E-state index contributed by atoms with van der Waals surface area (Å²) in [6.07, 6.45) is 4.45. The molecule has 0 saturated carbocycles. The molecule has 3 unspecified atom stereocenters. The lowest BCUT2D eigenvalue weighted by molar-refractivity contribution is -0.124. The lowest BCUT2D eigenvalue weighted by Gasteiger charge is -2.28. The molecule has 3 atom stereocenters. The minimum Gasteiger partial charge on any atom is -0.354 e. The van der Waals surface area contributed by atoms with Gasteiger partial charge in [0.1, 0.15) is 0 Å². The van der Waals surface area contributed by atoms with Crippen molar-refractivity contribution in [3.8, 4) is 0 Å². The summed E-state index contributed by atoms with van der Waals surface area (Å²) in [6.45, 7) is 7.50. The van der Waals surface area contributed by atoms with Gasteiger partial charge < -0.3 is 16.0 Å². The molecule has 20 heavy (non-hydrogen) atoms. The molecule has 0 radical (unpaired) electrons. The summed E-state index contributed by atoms with van der Waals surface area (Å²) in [4.78, 5) is 23.6. The normalized spacial score (nSPS) is 23.9. The van der Waals surface area contributed by atoms with E-state index in [4.69, 9.17) is 0 Å². The van der Waals surface area contributed by atoms with Gasteiger partial charge in [-0.3, -0.25) is 9.59 Å². The molecule has 1 aliphatic heterocycles. The monoisotopic (exact) mass is 283 g/mol. The quantitative estimate of drug-likeness (QED) is 0.657. The van der Waals surface area contributed by atoms with Crippen LogP contribution in [0, 0.1) is 5.92 Å². The van der Waals surface area contributed by atoms with E-state index in [1.807, 2.05) is 13.8 Å². The van der Waals surface area contributed by atoms with Gasteiger partial charge in [-0.25, -0.2) is 0 Å². The molecule has 0 aromatic carbocycles. The second-order valence-corrected chi connectivity index (χ2v) is 5.72. The van der Waals surface area contributed by atoms with Gasteiger partial charge in [-0.2, -0.15) is 0 Å². The standard InChI is InChI=1S/C15H29N3O2/c1-4-11(3)18-14(19)7-9-17-15(20)13-10-12(5-2)6-8-16-13/h11-13,16H,4-10H2,1-3H3,(H,17,20)(H,18,19). The number of rotatable bonds is 7. The third kappa shape index (κ3) is 5.90. The Morgan fingerprint density at radius 3 is 2.75 bits per heavy atom. The van der Waals surface area contributed by atoms with Crippen LogP contribution in [0.3, 0.4) is 0 Å². The Kier molecular flexibility index (Phi) is 7.59. The van der Waals surface area contributed by atoms with E-state index < -0.39 is 0 Å². The van der Waals surface area contributed by atoms with Gasteiger partial charge in [0.25, 0.3) is 0 Å². The van der Waals surface area contributed by atoms with E-state index in [0.29, 0.717) is 18.9 Å². The molecular weight excluding hydrogens is 254 g/mol. The largest absolute Gasteiger partial charge is 0.354 e. The van der Waals surface area contributed by atoms with Crippen LogP contribution in [0.5, 0.6) is 0 Å². The highest BCUT2D eigenvalue weighted by molar-refractivity contribution is 5.83. The zero-order chi connectivity index (χ0) is 15.0. The molecule has 1 saturated heterocycles. The van der Waals surface area contributed by atoms with E-state index in [0.717, 1.165) is 32.2 Å². The number of carbonyl (C=O) groups excluding carboxylic acids is 2. The molecule has 116 valence electrons. The van der Waals surface area contributed by atoms with Gasteiger partial charge in [-0.15, -0.1) is 0 Å². The molecule has 0 aromatic heterocycles. The molecule has 0 bridgehead atoms. The van der Waals surface area contributed by atoms with Crippen LogP contribution in [0.4, 0.5) is 0 Å². The first-order valence-corrected chi connectivity index (χ1v) is 7.87. The van der Waals surface area contributed by atoms with Crippen LogP contribution >= 0.6 is 0 Å². The molecule has 3 N–H and O–H groups in total. The van der Waals surface area contributed by atoms with Crippen molar-refractivity contribution in [2.75, 3.05) is 13.1 Å². The minimum atomic E-state index is -0.0914. The predicted octanol–water partition coefficient (Wildman–Crippen LogP) is 1.19. The molecule has 5 nitrogen and oxygen atoms in total. The van der Waals surface area contributed by atoms with Crippen molar-refractivity contribution in [2.45, 2.75) is 65.0 Å². The summed E-state index contributed by atoms with van der Waals surface area (Å²) in [5, 5.41) is 9.00. The second kappa shape index (κ2) is 8.95. The number of hydrogen-bond acceptors (Lipinski definition) is 3. The lowest BCUT2D eigenvalue weighted by Crippen LogP contribution is -2.49. The number of amides is 2. The van der Waals surface area contributed by atoms with Crippen LogP contribution in [-0.2, 0) is 9.59 Å². The molecule has 0 aliphatic carbocycles. The van der Waals surface area contributed by atoms with E-state index in [-0.39, 0.29) is 23.9 Å². The van der Waals surface area contributed by atoms with Gasteiger partial charge >= 0.3 is 0 Å². The number of carbonyl (C=O) groups is 2. The molecule has 1 heterocycles. The van der Waals surface area contributed by atoms with Crippen molar-refractivity contribution in [3.05, 3.63) is 0 Å². The summed E-state index contributed by atoms with van der Waals surface area (Å²) in [6, 6.07) is 0.106. The smallest absolute Gasteiger partial charge is 0.237 e. The van der Waals surface area contributed by atoms with E-state index in [9.17, 15) is 9.59 Å². The van der Waals surface area contributed by atoms with Crippen molar-refractivity contribution >= 4 is 11.8 Å². The second-order valence-electron chi connectivity index (χ2n) is 5.72. The van der Waals surface area contributed by atoms with E-state index in [1.54, 1.807) is 0 Å². The molecular formula is C15H29N3O2. The van der Waals surface area contributed by atoms with Gasteiger partial charge in [0.05, 0.1) is 6.04 Å². The highest BCUT2D eigenvalue weighted by atomic mass is 16.2. The Morgan fingerprint density at radius 1 is 1.35 bits per heavy atom. The summed E-state index contributed by atoms with van der Waals surface area (Å²) >= 11 is 0. The van der Waals surface area contributed by atoms with Crippen LogP contribution in [0.25, 0.3) is 0 Å². The number of piperidine rings is 1. The molecule has 5 heteroatoms. The third-order valence-electron chi connectivity index (χ3n) is 4.08. The maximum atomic E-state index is 12.0. The van der Waals surface area contributed by atoms with Gasteiger partial charge in [0.15, 0.2) is 0 Å². The lowest BCUT2D eigenvalue weighted by atomic mass is 9.90. The minimum absolute atomic E-state index is 0.00249. The maximum Gasteiger partial charge on any atom is 0.237 e. The maximum absolute atomic E-state index is 12.0. The van der Waals surface area contributed by atoms with Crippen LogP contribution in [0.1, 0.15) is 52.9 Å². The Labute approximate surface area is 122 Å². The van der Waals surface area contributed by atoms with Gasteiger partial charge in [-0.1, -0.05) is 20.3 Å². The van der Waals surface area contributed by atoms with Crippen molar-refractivity contribution in [1.82, 2.24) is 16.0 Å². The first-order valence-electron chi connectivity index (χ1n) is 7.87. The SMILES string of the molecule is CCC1CCNC(C(=O)NCCC(=O)NC(C)CC)C1. The Hall–Kier alpha value is -1.10. The summed E-state index contributed by atoms with van der Waals surface area (Å²) in [5.74, 6) is 0.669. The Balaban J connectivity index is 2.21.